The molecule has 0 bridgehead atoms. The summed E-state index contributed by atoms with van der Waals surface area (Å²) in [5, 5.41) is 19.1. The van der Waals surface area contributed by atoms with Gasteiger partial charge in [0, 0.05) is 17.8 Å². The van der Waals surface area contributed by atoms with E-state index in [9.17, 15) is 9.59 Å². The highest BCUT2D eigenvalue weighted by Crippen LogP contribution is 2.42. The molecule has 1 atom stereocenters. The minimum Gasteiger partial charge on any atom is -0.481 e. The number of hydrogen-bond acceptors (Lipinski definition) is 6. The maximum atomic E-state index is 12.6. The summed E-state index contributed by atoms with van der Waals surface area (Å²) in [6.07, 6.45) is 1.26. The summed E-state index contributed by atoms with van der Waals surface area (Å²) in [4.78, 5) is 23.6. The molecule has 0 saturated carbocycles. The van der Waals surface area contributed by atoms with E-state index in [-0.39, 0.29) is 6.42 Å². The molecule has 4 aromatic rings. The third-order valence-corrected chi connectivity index (χ3v) is 6.21. The average Bonchev–Trinajstić information content (AvgIpc) is 3.54. The van der Waals surface area contributed by atoms with Gasteiger partial charge in [-0.1, -0.05) is 65.8 Å². The number of hydrogen-bond donors (Lipinski definition) is 3. The molecule has 36 heavy (non-hydrogen) atoms. The molecule has 8 heteroatoms. The quantitative estimate of drug-likeness (QED) is 0.299. The Bertz CT molecular complexity index is 1400. The summed E-state index contributed by atoms with van der Waals surface area (Å²) in [5.74, 6) is -0.416. The van der Waals surface area contributed by atoms with Crippen LogP contribution in [0.25, 0.3) is 22.5 Å². The fraction of sp³-hybridized carbons (Fsp3) is 0.179. The van der Waals surface area contributed by atoms with E-state index < -0.39 is 18.2 Å². The molecule has 182 valence electrons. The van der Waals surface area contributed by atoms with Crippen molar-refractivity contribution in [2.45, 2.75) is 25.9 Å². The number of rotatable bonds is 7. The predicted molar refractivity (Wildman–Crippen MR) is 136 cm³/mol. The maximum Gasteiger partial charge on any atom is 0.412 e. The molecule has 8 nitrogen and oxygen atoms in total. The first-order valence-corrected chi connectivity index (χ1v) is 11.7. The minimum absolute atomic E-state index is 0.00723. The molecule has 2 heterocycles. The third kappa shape index (κ3) is 4.79. The number of nitrogens with one attached hydrogen (secondary N) is 2. The smallest absolute Gasteiger partial charge is 0.412 e. The van der Waals surface area contributed by atoms with Crippen LogP contribution in [0.1, 0.15) is 29.7 Å². The number of fused-ring (bicyclic) bond motifs is 1. The van der Waals surface area contributed by atoms with Crippen molar-refractivity contribution < 1.29 is 24.0 Å². The summed E-state index contributed by atoms with van der Waals surface area (Å²) < 4.78 is 11.1. The van der Waals surface area contributed by atoms with Gasteiger partial charge in [-0.05, 0) is 47.2 Å². The highest BCUT2D eigenvalue weighted by molar-refractivity contribution is 5.94. The average molecular weight is 484 g/mol. The van der Waals surface area contributed by atoms with Gasteiger partial charge < -0.3 is 19.7 Å². The fourth-order valence-electron chi connectivity index (χ4n) is 4.47. The number of aromatic nitrogens is 1. The van der Waals surface area contributed by atoms with Crippen LogP contribution in [-0.4, -0.2) is 28.9 Å². The molecular formula is C28H25N3O5. The van der Waals surface area contributed by atoms with Crippen molar-refractivity contribution in [3.8, 4) is 22.5 Å². The molecule has 0 radical (unpaired) electrons. The summed E-state index contributed by atoms with van der Waals surface area (Å²) in [6.45, 7) is 2.58. The Balaban J connectivity index is 1.38. The number of amides is 1. The second-order valence-electron chi connectivity index (χ2n) is 8.61. The fourth-order valence-corrected chi connectivity index (χ4v) is 4.47. The number of carboxylic acid groups (broad SMARTS) is 1. The molecule has 0 aliphatic carbocycles. The van der Waals surface area contributed by atoms with Gasteiger partial charge in [-0.25, -0.2) is 4.79 Å². The van der Waals surface area contributed by atoms with Crippen molar-refractivity contribution in [1.82, 2.24) is 5.16 Å². The Morgan fingerprint density at radius 1 is 1.08 bits per heavy atom. The SMILES string of the molecule is CC(OC(=O)Nc1cnoc1-c1ccc(-c2ccc(CC(=O)O)cc2)c2c1NCC2)c1ccccc1. The molecule has 1 aliphatic rings. The van der Waals surface area contributed by atoms with E-state index in [4.69, 9.17) is 14.4 Å². The van der Waals surface area contributed by atoms with Crippen LogP contribution in [0, 0.1) is 0 Å². The van der Waals surface area contributed by atoms with E-state index in [0.717, 1.165) is 52.0 Å². The van der Waals surface area contributed by atoms with Crippen molar-refractivity contribution in [3.63, 3.8) is 0 Å². The van der Waals surface area contributed by atoms with Gasteiger partial charge in [0.05, 0.1) is 12.6 Å². The molecule has 0 fully saturated rings. The summed E-state index contributed by atoms with van der Waals surface area (Å²) in [7, 11) is 0. The zero-order chi connectivity index (χ0) is 25.1. The highest BCUT2D eigenvalue weighted by Gasteiger charge is 2.24. The van der Waals surface area contributed by atoms with Crippen LogP contribution in [0.4, 0.5) is 16.2 Å². The van der Waals surface area contributed by atoms with Crippen molar-refractivity contribution in [1.29, 1.82) is 0 Å². The second kappa shape index (κ2) is 9.95. The van der Waals surface area contributed by atoms with Crippen molar-refractivity contribution in [2.75, 3.05) is 17.2 Å². The molecule has 1 unspecified atom stereocenters. The van der Waals surface area contributed by atoms with E-state index in [2.05, 4.69) is 15.8 Å². The largest absolute Gasteiger partial charge is 0.481 e. The number of carboxylic acids is 1. The van der Waals surface area contributed by atoms with Crippen LogP contribution in [0.15, 0.2) is 77.4 Å². The monoisotopic (exact) mass is 483 g/mol. The lowest BCUT2D eigenvalue weighted by molar-refractivity contribution is -0.136. The topological polar surface area (TPSA) is 114 Å². The maximum absolute atomic E-state index is 12.6. The normalized spacial score (nSPS) is 12.9. The number of ether oxygens (including phenoxy) is 1. The van der Waals surface area contributed by atoms with Crippen LogP contribution in [0.5, 0.6) is 0 Å². The van der Waals surface area contributed by atoms with E-state index >= 15 is 0 Å². The van der Waals surface area contributed by atoms with Crippen LogP contribution in [0.3, 0.4) is 0 Å². The van der Waals surface area contributed by atoms with Crippen LogP contribution < -0.4 is 10.6 Å². The Morgan fingerprint density at radius 3 is 2.58 bits per heavy atom. The lowest BCUT2D eigenvalue weighted by Gasteiger charge is -2.15. The Labute approximate surface area is 207 Å². The third-order valence-electron chi connectivity index (χ3n) is 6.21. The summed E-state index contributed by atoms with van der Waals surface area (Å²) in [6, 6.07) is 21.0. The summed E-state index contributed by atoms with van der Waals surface area (Å²) in [5.41, 5.74) is 6.97. The predicted octanol–water partition coefficient (Wildman–Crippen LogP) is 5.91. The number of aliphatic carboxylic acids is 1. The van der Waals surface area contributed by atoms with E-state index in [0.29, 0.717) is 11.4 Å². The number of anilines is 2. The van der Waals surface area contributed by atoms with Gasteiger partial charge in [0.1, 0.15) is 11.8 Å². The first-order chi connectivity index (χ1) is 17.5. The molecule has 0 saturated heterocycles. The first-order valence-electron chi connectivity index (χ1n) is 11.7. The van der Waals surface area contributed by atoms with Gasteiger partial charge in [0.2, 0.25) is 0 Å². The van der Waals surface area contributed by atoms with Crippen molar-refractivity contribution in [2.24, 2.45) is 0 Å². The lowest BCUT2D eigenvalue weighted by Crippen LogP contribution is -2.16. The van der Waals surface area contributed by atoms with Crippen LogP contribution >= 0.6 is 0 Å². The van der Waals surface area contributed by atoms with Crippen LogP contribution in [-0.2, 0) is 22.4 Å². The van der Waals surface area contributed by atoms with Crippen molar-refractivity contribution >= 4 is 23.4 Å². The van der Waals surface area contributed by atoms with E-state index in [1.807, 2.05) is 73.7 Å². The van der Waals surface area contributed by atoms with Crippen LogP contribution in [0.2, 0.25) is 0 Å². The Morgan fingerprint density at radius 2 is 1.83 bits per heavy atom. The Hall–Kier alpha value is -4.59. The highest BCUT2D eigenvalue weighted by atomic mass is 16.6. The van der Waals surface area contributed by atoms with Crippen molar-refractivity contribution in [3.05, 3.63) is 89.6 Å². The number of benzene rings is 3. The molecule has 0 spiro atoms. The van der Waals surface area contributed by atoms with Gasteiger partial charge >= 0.3 is 12.1 Å². The zero-order valence-corrected chi connectivity index (χ0v) is 19.7. The molecule has 3 aromatic carbocycles. The van der Waals surface area contributed by atoms with Gasteiger partial charge in [0.25, 0.3) is 0 Å². The Kier molecular flexibility index (Phi) is 6.40. The number of nitrogens with zero attached hydrogens (tertiary/aromatic N) is 1. The molecule has 5 rings (SSSR count). The molecular weight excluding hydrogens is 458 g/mol. The standard InChI is InChI=1S/C28H25N3O5/c1-17(19-5-3-2-4-6-19)35-28(34)31-24-16-30-36-27(24)23-12-11-21(22-13-14-29-26(22)23)20-9-7-18(8-10-20)15-25(32)33/h2-12,16-17,29H,13-15H2,1H3,(H,31,34)(H,32,33). The number of carbonyl (C=O) groups excluding carboxylic acids is 1. The molecule has 1 aliphatic heterocycles. The summed E-state index contributed by atoms with van der Waals surface area (Å²) >= 11 is 0. The number of carbonyl (C=O) groups is 2. The zero-order valence-electron chi connectivity index (χ0n) is 19.7. The van der Waals surface area contributed by atoms with E-state index in [1.54, 1.807) is 0 Å². The van der Waals surface area contributed by atoms with Gasteiger partial charge in [-0.15, -0.1) is 0 Å². The minimum atomic E-state index is -0.855. The van der Waals surface area contributed by atoms with E-state index in [1.165, 1.54) is 6.20 Å². The van der Waals surface area contributed by atoms with Gasteiger partial charge in [0.15, 0.2) is 5.76 Å². The van der Waals surface area contributed by atoms with Gasteiger partial charge in [-0.3, -0.25) is 10.1 Å². The molecule has 3 N–H and O–H groups in total. The molecule has 1 amide bonds. The molecule has 1 aromatic heterocycles. The second-order valence-corrected chi connectivity index (χ2v) is 8.61. The first kappa shape index (κ1) is 23.2. The lowest BCUT2D eigenvalue weighted by atomic mass is 9.93. The van der Waals surface area contributed by atoms with Gasteiger partial charge in [-0.2, -0.15) is 0 Å².